The van der Waals surface area contributed by atoms with Crippen LogP contribution in [-0.4, -0.2) is 56.5 Å². The molecule has 0 aromatic heterocycles. The minimum Gasteiger partial charge on any atom is -0.497 e. The van der Waals surface area contributed by atoms with Gasteiger partial charge in [0.15, 0.2) is 0 Å². The van der Waals surface area contributed by atoms with E-state index in [0.29, 0.717) is 6.04 Å². The van der Waals surface area contributed by atoms with Crippen LogP contribution in [0.5, 0.6) is 11.5 Å². The van der Waals surface area contributed by atoms with Crippen molar-refractivity contribution in [3.05, 3.63) is 83.4 Å². The summed E-state index contributed by atoms with van der Waals surface area (Å²) in [6.07, 6.45) is 1.88. The number of ether oxygens (including phenoxy) is 2. The molecule has 3 aromatic rings. The van der Waals surface area contributed by atoms with Crippen molar-refractivity contribution in [2.24, 2.45) is 5.10 Å². The second-order valence-electron chi connectivity index (χ2n) is 7.92. The molecule has 1 fully saturated rings. The van der Waals surface area contributed by atoms with Crippen LogP contribution in [0.25, 0.3) is 11.1 Å². The summed E-state index contributed by atoms with van der Waals surface area (Å²) < 4.78 is 10.8. The van der Waals surface area contributed by atoms with Crippen molar-refractivity contribution < 1.29 is 9.47 Å². The molecule has 5 nitrogen and oxygen atoms in total. The third-order valence-corrected chi connectivity index (χ3v) is 6.26. The zero-order valence-electron chi connectivity index (χ0n) is 18.0. The number of hydrazone groups is 1. The fourth-order valence-corrected chi connectivity index (χ4v) is 4.68. The molecule has 0 bridgehead atoms. The highest BCUT2D eigenvalue weighted by Gasteiger charge is 2.33. The Bertz CT molecular complexity index is 1060. The molecule has 1 aliphatic heterocycles. The number of piperazine rings is 1. The molecule has 0 N–H and O–H groups in total. The van der Waals surface area contributed by atoms with Crippen molar-refractivity contribution in [2.45, 2.75) is 6.04 Å². The Balaban J connectivity index is 1.30. The molecule has 0 spiro atoms. The summed E-state index contributed by atoms with van der Waals surface area (Å²) in [6.45, 7) is 3.75. The number of hydrogen-bond acceptors (Lipinski definition) is 5. The second-order valence-corrected chi connectivity index (χ2v) is 7.92. The van der Waals surface area contributed by atoms with Gasteiger partial charge in [-0.05, 0) is 34.4 Å². The molecule has 158 valence electrons. The number of rotatable bonds is 5. The molecular formula is C26H27N3O2. The maximum atomic E-state index is 5.48. The molecular weight excluding hydrogens is 386 g/mol. The first-order chi connectivity index (χ1) is 15.3. The number of benzene rings is 3. The molecule has 31 heavy (non-hydrogen) atoms. The van der Waals surface area contributed by atoms with E-state index in [4.69, 9.17) is 14.6 Å². The molecule has 0 saturated carbocycles. The fraction of sp³-hybridized carbons (Fsp3) is 0.269. The monoisotopic (exact) mass is 413 g/mol. The van der Waals surface area contributed by atoms with Gasteiger partial charge in [-0.15, -0.1) is 0 Å². The minimum absolute atomic E-state index is 0.334. The van der Waals surface area contributed by atoms with Crippen LogP contribution in [0.4, 0.5) is 0 Å². The van der Waals surface area contributed by atoms with E-state index in [2.05, 4.69) is 58.4 Å². The summed E-state index contributed by atoms with van der Waals surface area (Å²) in [5.74, 6) is 1.54. The van der Waals surface area contributed by atoms with E-state index in [0.717, 1.165) is 43.2 Å². The lowest BCUT2D eigenvalue weighted by Gasteiger charge is -2.37. The maximum Gasteiger partial charge on any atom is 0.131 e. The first kappa shape index (κ1) is 19.6. The summed E-state index contributed by atoms with van der Waals surface area (Å²) in [7, 11) is 3.32. The van der Waals surface area contributed by atoms with Crippen molar-refractivity contribution >= 4 is 6.21 Å². The van der Waals surface area contributed by atoms with Crippen LogP contribution in [0.1, 0.15) is 22.7 Å². The predicted octanol–water partition coefficient (Wildman–Crippen LogP) is 4.43. The number of fused-ring (bicyclic) bond motifs is 3. The Morgan fingerprint density at radius 3 is 2.06 bits per heavy atom. The van der Waals surface area contributed by atoms with Gasteiger partial charge < -0.3 is 9.47 Å². The number of hydrogen-bond donors (Lipinski definition) is 0. The molecule has 0 atom stereocenters. The van der Waals surface area contributed by atoms with Gasteiger partial charge in [-0.25, -0.2) is 0 Å². The fourth-order valence-electron chi connectivity index (χ4n) is 4.68. The summed E-state index contributed by atoms with van der Waals surface area (Å²) in [4.78, 5) is 2.59. The zero-order valence-corrected chi connectivity index (χ0v) is 18.0. The first-order valence-electron chi connectivity index (χ1n) is 10.7. The topological polar surface area (TPSA) is 37.3 Å². The molecule has 1 saturated heterocycles. The van der Waals surface area contributed by atoms with Gasteiger partial charge in [-0.1, -0.05) is 48.5 Å². The lowest BCUT2D eigenvalue weighted by molar-refractivity contribution is 0.114. The van der Waals surface area contributed by atoms with E-state index >= 15 is 0 Å². The standard InChI is InChI=1S/C26H27N3O2/c1-30-20-12-11-19(25(17-20)31-2)18-27-29-15-13-28(14-16-29)26-23-9-5-3-7-21(23)22-8-4-6-10-24(22)26/h3-12,17-18,26H,13-16H2,1-2H3/b27-18+. The van der Waals surface area contributed by atoms with Crippen molar-refractivity contribution in [1.29, 1.82) is 0 Å². The summed E-state index contributed by atoms with van der Waals surface area (Å²) in [5, 5.41) is 6.87. The summed E-state index contributed by atoms with van der Waals surface area (Å²) >= 11 is 0. The third kappa shape index (κ3) is 3.66. The SMILES string of the molecule is COc1ccc(/C=N/N2CCN(C3c4ccccc4-c4ccccc43)CC2)c(OC)c1. The van der Waals surface area contributed by atoms with Crippen LogP contribution >= 0.6 is 0 Å². The van der Waals surface area contributed by atoms with E-state index in [1.807, 2.05) is 24.4 Å². The Kier molecular flexibility index (Phi) is 5.35. The molecule has 1 aliphatic carbocycles. The summed E-state index contributed by atoms with van der Waals surface area (Å²) in [6, 6.07) is 23.8. The number of methoxy groups -OCH3 is 2. The lowest BCUT2D eigenvalue weighted by atomic mass is 10.0. The van der Waals surface area contributed by atoms with Gasteiger partial charge in [0.2, 0.25) is 0 Å². The van der Waals surface area contributed by atoms with Gasteiger partial charge in [0, 0.05) is 37.8 Å². The Morgan fingerprint density at radius 2 is 1.45 bits per heavy atom. The quantitative estimate of drug-likeness (QED) is 0.580. The molecule has 0 radical (unpaired) electrons. The van der Waals surface area contributed by atoms with Crippen LogP contribution in [0.2, 0.25) is 0 Å². The van der Waals surface area contributed by atoms with Gasteiger partial charge in [0.1, 0.15) is 11.5 Å². The smallest absolute Gasteiger partial charge is 0.131 e. The highest BCUT2D eigenvalue weighted by atomic mass is 16.5. The van der Waals surface area contributed by atoms with Gasteiger partial charge >= 0.3 is 0 Å². The molecule has 1 heterocycles. The Labute approximate surface area is 183 Å². The van der Waals surface area contributed by atoms with E-state index < -0.39 is 0 Å². The molecule has 2 aliphatic rings. The Hall–Kier alpha value is -3.31. The Morgan fingerprint density at radius 1 is 0.806 bits per heavy atom. The molecule has 3 aromatic carbocycles. The third-order valence-electron chi connectivity index (χ3n) is 6.26. The zero-order chi connectivity index (χ0) is 21.2. The normalized spacial score (nSPS) is 16.4. The van der Waals surface area contributed by atoms with E-state index in [-0.39, 0.29) is 0 Å². The van der Waals surface area contributed by atoms with Crippen molar-refractivity contribution in [1.82, 2.24) is 9.91 Å². The van der Waals surface area contributed by atoms with Crippen molar-refractivity contribution in [3.8, 4) is 22.6 Å². The largest absolute Gasteiger partial charge is 0.497 e. The molecule has 5 heteroatoms. The van der Waals surface area contributed by atoms with Gasteiger partial charge in [-0.3, -0.25) is 9.91 Å². The van der Waals surface area contributed by atoms with Crippen LogP contribution in [0, 0.1) is 0 Å². The van der Waals surface area contributed by atoms with Crippen LogP contribution in [0.15, 0.2) is 71.8 Å². The molecule has 5 rings (SSSR count). The van der Waals surface area contributed by atoms with Gasteiger partial charge in [0.25, 0.3) is 0 Å². The summed E-state index contributed by atoms with van der Waals surface area (Å²) in [5.41, 5.74) is 6.53. The first-order valence-corrected chi connectivity index (χ1v) is 10.7. The lowest BCUT2D eigenvalue weighted by Crippen LogP contribution is -2.45. The average Bonchev–Trinajstić information content (AvgIpc) is 3.17. The predicted molar refractivity (Wildman–Crippen MR) is 124 cm³/mol. The van der Waals surface area contributed by atoms with Crippen LogP contribution in [-0.2, 0) is 0 Å². The van der Waals surface area contributed by atoms with Gasteiger partial charge in [0.05, 0.1) is 26.5 Å². The highest BCUT2D eigenvalue weighted by molar-refractivity contribution is 5.83. The van der Waals surface area contributed by atoms with Crippen molar-refractivity contribution in [3.63, 3.8) is 0 Å². The average molecular weight is 414 g/mol. The van der Waals surface area contributed by atoms with E-state index in [1.54, 1.807) is 14.2 Å². The molecule has 0 amide bonds. The van der Waals surface area contributed by atoms with E-state index in [9.17, 15) is 0 Å². The highest BCUT2D eigenvalue weighted by Crippen LogP contribution is 2.46. The maximum absolute atomic E-state index is 5.48. The minimum atomic E-state index is 0.334. The van der Waals surface area contributed by atoms with E-state index in [1.165, 1.54) is 22.3 Å². The second kappa shape index (κ2) is 8.44. The van der Waals surface area contributed by atoms with Crippen molar-refractivity contribution in [2.75, 3.05) is 40.4 Å². The van der Waals surface area contributed by atoms with Gasteiger partial charge in [-0.2, -0.15) is 5.10 Å². The van der Waals surface area contributed by atoms with Crippen LogP contribution < -0.4 is 9.47 Å². The van der Waals surface area contributed by atoms with Crippen LogP contribution in [0.3, 0.4) is 0 Å². The number of nitrogens with zero attached hydrogens (tertiary/aromatic N) is 3. The molecule has 0 unspecified atom stereocenters.